The van der Waals surface area contributed by atoms with Gasteiger partial charge in [-0.1, -0.05) is 19.1 Å². The molecule has 0 radical (unpaired) electrons. The van der Waals surface area contributed by atoms with Gasteiger partial charge in [0.2, 0.25) is 0 Å². The Kier molecular flexibility index (Phi) is 3.72. The average Bonchev–Trinajstić information content (AvgIpc) is 2.69. The third-order valence-electron chi connectivity index (χ3n) is 2.57. The first-order valence-corrected chi connectivity index (χ1v) is 6.45. The molecule has 2 rings (SSSR count). The molecule has 94 valence electrons. The van der Waals surface area contributed by atoms with Crippen molar-refractivity contribution >= 4 is 22.4 Å². The van der Waals surface area contributed by atoms with Gasteiger partial charge in [0.15, 0.2) is 5.13 Å². The molecule has 1 aromatic carbocycles. The van der Waals surface area contributed by atoms with E-state index >= 15 is 0 Å². The minimum atomic E-state index is -0.529. The van der Waals surface area contributed by atoms with Gasteiger partial charge in [-0.2, -0.15) is 0 Å². The van der Waals surface area contributed by atoms with Crippen molar-refractivity contribution < 1.29 is 9.18 Å². The van der Waals surface area contributed by atoms with Gasteiger partial charge < -0.3 is 0 Å². The van der Waals surface area contributed by atoms with Crippen LogP contribution in [-0.4, -0.2) is 10.9 Å². The minimum Gasteiger partial charge on any atom is -0.298 e. The highest BCUT2D eigenvalue weighted by atomic mass is 32.1. The lowest BCUT2D eigenvalue weighted by Gasteiger charge is -2.02. The molecule has 0 bridgehead atoms. The summed E-state index contributed by atoms with van der Waals surface area (Å²) in [5.74, 6) is -0.997. The number of nitrogens with zero attached hydrogens (tertiary/aromatic N) is 1. The van der Waals surface area contributed by atoms with Crippen LogP contribution in [0.15, 0.2) is 24.3 Å². The highest BCUT2D eigenvalue weighted by Gasteiger charge is 2.13. The molecule has 0 saturated heterocycles. The van der Waals surface area contributed by atoms with Gasteiger partial charge >= 0.3 is 0 Å². The summed E-state index contributed by atoms with van der Waals surface area (Å²) in [6, 6.07) is 5.89. The smallest absolute Gasteiger partial charge is 0.260 e. The Labute approximate surface area is 109 Å². The van der Waals surface area contributed by atoms with Gasteiger partial charge in [-0.15, -0.1) is 11.3 Å². The molecule has 1 aromatic heterocycles. The van der Waals surface area contributed by atoms with Crippen LogP contribution in [-0.2, 0) is 6.42 Å². The lowest BCUT2D eigenvalue weighted by atomic mass is 10.2. The molecule has 0 spiro atoms. The van der Waals surface area contributed by atoms with E-state index in [1.54, 1.807) is 12.1 Å². The van der Waals surface area contributed by atoms with Crippen LogP contribution >= 0.6 is 11.3 Å². The van der Waals surface area contributed by atoms with E-state index in [1.165, 1.54) is 23.5 Å². The first-order valence-electron chi connectivity index (χ1n) is 5.64. The summed E-state index contributed by atoms with van der Waals surface area (Å²) in [5.41, 5.74) is 0.993. The summed E-state index contributed by atoms with van der Waals surface area (Å²) in [6.07, 6.45) is 0.817. The molecule has 18 heavy (non-hydrogen) atoms. The van der Waals surface area contributed by atoms with Crippen LogP contribution < -0.4 is 5.32 Å². The zero-order valence-electron chi connectivity index (χ0n) is 10.2. The van der Waals surface area contributed by atoms with Crippen molar-refractivity contribution in [1.29, 1.82) is 0 Å². The van der Waals surface area contributed by atoms with Crippen molar-refractivity contribution in [2.75, 3.05) is 5.32 Å². The molecule has 1 N–H and O–H groups in total. The molecule has 5 heteroatoms. The standard InChI is InChI=1S/C13H13FN2OS/c1-3-11-8(2)18-13(15-11)16-12(17)9-6-4-5-7-10(9)14/h4-7H,3H2,1-2H3,(H,15,16,17). The fourth-order valence-electron chi connectivity index (χ4n) is 1.62. The van der Waals surface area contributed by atoms with E-state index in [4.69, 9.17) is 0 Å². The molecule has 0 saturated carbocycles. The minimum absolute atomic E-state index is 0.0309. The van der Waals surface area contributed by atoms with Crippen molar-refractivity contribution in [2.24, 2.45) is 0 Å². The van der Waals surface area contributed by atoms with Crippen LogP contribution in [0.2, 0.25) is 0 Å². The Morgan fingerprint density at radius 2 is 2.17 bits per heavy atom. The Morgan fingerprint density at radius 3 is 2.78 bits per heavy atom. The van der Waals surface area contributed by atoms with Crippen molar-refractivity contribution in [3.8, 4) is 0 Å². The summed E-state index contributed by atoms with van der Waals surface area (Å²) in [6.45, 7) is 3.96. The Bertz CT molecular complexity index is 580. The monoisotopic (exact) mass is 264 g/mol. The van der Waals surface area contributed by atoms with Gasteiger partial charge in [0.05, 0.1) is 11.3 Å². The summed E-state index contributed by atoms with van der Waals surface area (Å²) >= 11 is 1.40. The molecule has 0 aliphatic rings. The number of nitrogens with one attached hydrogen (secondary N) is 1. The summed E-state index contributed by atoms with van der Waals surface area (Å²) in [4.78, 5) is 17.2. The number of anilines is 1. The summed E-state index contributed by atoms with van der Waals surface area (Å²) in [5, 5.41) is 3.13. The zero-order chi connectivity index (χ0) is 13.1. The Morgan fingerprint density at radius 1 is 1.44 bits per heavy atom. The molecular weight excluding hydrogens is 251 g/mol. The Balaban J connectivity index is 2.19. The molecule has 0 aliphatic carbocycles. The first-order chi connectivity index (χ1) is 8.61. The number of benzene rings is 1. The molecular formula is C13H13FN2OS. The van der Waals surface area contributed by atoms with E-state index in [1.807, 2.05) is 13.8 Å². The zero-order valence-corrected chi connectivity index (χ0v) is 11.0. The van der Waals surface area contributed by atoms with Gasteiger partial charge in [0.1, 0.15) is 5.82 Å². The normalized spacial score (nSPS) is 10.4. The highest BCUT2D eigenvalue weighted by molar-refractivity contribution is 7.15. The molecule has 0 fully saturated rings. The predicted molar refractivity (Wildman–Crippen MR) is 70.6 cm³/mol. The van der Waals surface area contributed by atoms with Crippen LogP contribution in [0.4, 0.5) is 9.52 Å². The fourth-order valence-corrected chi connectivity index (χ4v) is 2.52. The van der Waals surface area contributed by atoms with Gasteiger partial charge in [-0.3, -0.25) is 10.1 Å². The number of halogens is 1. The van der Waals surface area contributed by atoms with Crippen molar-refractivity contribution in [1.82, 2.24) is 4.98 Å². The largest absolute Gasteiger partial charge is 0.298 e. The molecule has 0 atom stereocenters. The van der Waals surface area contributed by atoms with E-state index in [9.17, 15) is 9.18 Å². The summed E-state index contributed by atoms with van der Waals surface area (Å²) in [7, 11) is 0. The van der Waals surface area contributed by atoms with Gasteiger partial charge in [0, 0.05) is 4.88 Å². The maximum atomic E-state index is 13.4. The van der Waals surface area contributed by atoms with Crippen molar-refractivity contribution in [3.63, 3.8) is 0 Å². The first kappa shape index (κ1) is 12.7. The van der Waals surface area contributed by atoms with Crippen LogP contribution in [0.5, 0.6) is 0 Å². The van der Waals surface area contributed by atoms with E-state index < -0.39 is 11.7 Å². The number of aromatic nitrogens is 1. The van der Waals surface area contributed by atoms with E-state index in [2.05, 4.69) is 10.3 Å². The molecule has 3 nitrogen and oxygen atoms in total. The van der Waals surface area contributed by atoms with Crippen LogP contribution in [0.25, 0.3) is 0 Å². The molecule has 1 heterocycles. The van der Waals surface area contributed by atoms with Crippen LogP contribution in [0, 0.1) is 12.7 Å². The number of rotatable bonds is 3. The third-order valence-corrected chi connectivity index (χ3v) is 3.50. The topological polar surface area (TPSA) is 42.0 Å². The maximum absolute atomic E-state index is 13.4. The van der Waals surface area contributed by atoms with Crippen LogP contribution in [0.3, 0.4) is 0 Å². The summed E-state index contributed by atoms with van der Waals surface area (Å²) < 4.78 is 13.4. The number of carbonyl (C=O) groups is 1. The predicted octanol–water partition coefficient (Wildman–Crippen LogP) is 3.41. The third kappa shape index (κ3) is 2.56. The number of amides is 1. The second-order valence-electron chi connectivity index (χ2n) is 3.81. The SMILES string of the molecule is CCc1nc(NC(=O)c2ccccc2F)sc1C. The van der Waals surface area contributed by atoms with Crippen molar-refractivity contribution in [2.45, 2.75) is 20.3 Å². The highest BCUT2D eigenvalue weighted by Crippen LogP contribution is 2.23. The van der Waals surface area contributed by atoms with Crippen LogP contribution in [0.1, 0.15) is 27.9 Å². The number of aryl methyl sites for hydroxylation is 2. The molecule has 0 unspecified atom stereocenters. The quantitative estimate of drug-likeness (QED) is 0.923. The number of hydrogen-bond acceptors (Lipinski definition) is 3. The average molecular weight is 264 g/mol. The van der Waals surface area contributed by atoms with E-state index in [0.29, 0.717) is 5.13 Å². The van der Waals surface area contributed by atoms with Gasteiger partial charge in [0.25, 0.3) is 5.91 Å². The van der Waals surface area contributed by atoms with Crippen molar-refractivity contribution in [3.05, 3.63) is 46.2 Å². The maximum Gasteiger partial charge on any atom is 0.260 e. The molecule has 1 amide bonds. The molecule has 0 aliphatic heterocycles. The lowest BCUT2D eigenvalue weighted by Crippen LogP contribution is -2.13. The number of hydrogen-bond donors (Lipinski definition) is 1. The second-order valence-corrected chi connectivity index (χ2v) is 5.01. The molecule has 2 aromatic rings. The fraction of sp³-hybridized carbons (Fsp3) is 0.231. The van der Waals surface area contributed by atoms with Gasteiger partial charge in [-0.05, 0) is 25.5 Å². The number of thiazole rings is 1. The van der Waals surface area contributed by atoms with E-state index in [0.717, 1.165) is 17.0 Å². The second kappa shape index (κ2) is 5.27. The Hall–Kier alpha value is -1.75. The lowest BCUT2D eigenvalue weighted by molar-refractivity contribution is 0.102. The number of carbonyl (C=O) groups excluding carboxylic acids is 1. The van der Waals surface area contributed by atoms with Gasteiger partial charge in [-0.25, -0.2) is 9.37 Å². The van der Waals surface area contributed by atoms with E-state index in [-0.39, 0.29) is 5.56 Å².